The van der Waals surface area contributed by atoms with Gasteiger partial charge >= 0.3 is 0 Å². The predicted octanol–water partition coefficient (Wildman–Crippen LogP) is 3.83. The molecule has 0 unspecified atom stereocenters. The number of rotatable bonds is 7. The van der Waals surface area contributed by atoms with E-state index in [2.05, 4.69) is 19.9 Å². The van der Waals surface area contributed by atoms with Crippen LogP contribution in [0.15, 0.2) is 30.5 Å². The Morgan fingerprint density at radius 3 is 2.67 bits per heavy atom. The van der Waals surface area contributed by atoms with Crippen LogP contribution in [0.4, 0.5) is 0 Å². The Kier molecular flexibility index (Phi) is 7.01. The van der Waals surface area contributed by atoms with Crippen LogP contribution in [0.5, 0.6) is 0 Å². The number of nitrogens with zero attached hydrogens (tertiary/aromatic N) is 5. The molecule has 8 nitrogen and oxygen atoms in total. The molecule has 0 spiro atoms. The van der Waals surface area contributed by atoms with Crippen molar-refractivity contribution in [1.82, 2.24) is 29.7 Å². The summed E-state index contributed by atoms with van der Waals surface area (Å²) in [5, 5.41) is 0. The Hall–Kier alpha value is -3.29. The molecule has 174 valence electrons. The zero-order valence-corrected chi connectivity index (χ0v) is 19.7. The highest BCUT2D eigenvalue weighted by Crippen LogP contribution is 2.30. The molecule has 0 aliphatic carbocycles. The van der Waals surface area contributed by atoms with Gasteiger partial charge in [-0.3, -0.25) is 9.59 Å². The van der Waals surface area contributed by atoms with E-state index in [1.807, 2.05) is 49.9 Å². The van der Waals surface area contributed by atoms with Crippen molar-refractivity contribution >= 4 is 22.8 Å². The minimum Gasteiger partial charge on any atom is -0.342 e. The Bertz CT molecular complexity index is 1100. The summed E-state index contributed by atoms with van der Waals surface area (Å²) in [4.78, 5) is 46.7. The van der Waals surface area contributed by atoms with E-state index in [1.165, 1.54) is 0 Å². The number of piperidine rings is 1. The third kappa shape index (κ3) is 4.89. The van der Waals surface area contributed by atoms with E-state index in [0.29, 0.717) is 49.6 Å². The maximum Gasteiger partial charge on any atom is 0.257 e. The molecule has 8 heteroatoms. The molecule has 1 fully saturated rings. The van der Waals surface area contributed by atoms with E-state index in [9.17, 15) is 9.59 Å². The van der Waals surface area contributed by atoms with Crippen molar-refractivity contribution in [3.8, 4) is 0 Å². The molecule has 0 saturated carbocycles. The number of fused-ring (bicyclic) bond motifs is 1. The quantitative estimate of drug-likeness (QED) is 0.593. The number of aromatic nitrogens is 4. The summed E-state index contributed by atoms with van der Waals surface area (Å²) in [5.41, 5.74) is 3.09. The van der Waals surface area contributed by atoms with E-state index in [4.69, 9.17) is 0 Å². The first kappa shape index (κ1) is 22.9. The number of carbonyl (C=O) groups excluding carboxylic acids is 2. The SMILES string of the molecule is CCN(CC)C(=O)c1cnc([C@H]2CCCCN2C(=O)CCc2nc3ccccc3[nH]2)nc1C. The number of likely N-dealkylation sites (tertiary alicyclic amines) is 1. The highest BCUT2D eigenvalue weighted by atomic mass is 16.2. The van der Waals surface area contributed by atoms with Gasteiger partial charge in [-0.05, 0) is 52.2 Å². The van der Waals surface area contributed by atoms with Crippen molar-refractivity contribution in [3.05, 3.63) is 53.4 Å². The Morgan fingerprint density at radius 2 is 1.94 bits per heavy atom. The van der Waals surface area contributed by atoms with Gasteiger partial charge in [0.15, 0.2) is 5.82 Å². The Morgan fingerprint density at radius 1 is 1.15 bits per heavy atom. The standard InChI is InChI=1S/C25H32N6O2/c1-4-30(5-2)25(33)18-16-26-24(27-17(18)3)21-12-8-9-15-31(21)23(32)14-13-22-28-19-10-6-7-11-20(19)29-22/h6-7,10-11,16,21H,4-5,8-9,12-15H2,1-3H3,(H,28,29)/t21-/m1/s1. The van der Waals surface area contributed by atoms with Gasteiger partial charge in [-0.1, -0.05) is 12.1 Å². The van der Waals surface area contributed by atoms with Crippen molar-refractivity contribution in [1.29, 1.82) is 0 Å². The second kappa shape index (κ2) is 10.1. The maximum absolute atomic E-state index is 13.2. The van der Waals surface area contributed by atoms with Crippen LogP contribution in [-0.2, 0) is 11.2 Å². The number of hydrogen-bond acceptors (Lipinski definition) is 5. The molecular formula is C25H32N6O2. The summed E-state index contributed by atoms with van der Waals surface area (Å²) in [6.45, 7) is 7.76. The van der Waals surface area contributed by atoms with E-state index in [-0.39, 0.29) is 17.9 Å². The first-order valence-electron chi connectivity index (χ1n) is 11.9. The topological polar surface area (TPSA) is 95.1 Å². The van der Waals surface area contributed by atoms with Gasteiger partial charge in [-0.15, -0.1) is 0 Å². The third-order valence-corrected chi connectivity index (χ3v) is 6.41. The van der Waals surface area contributed by atoms with Crippen LogP contribution in [0.25, 0.3) is 11.0 Å². The van der Waals surface area contributed by atoms with Crippen molar-refractivity contribution in [2.45, 2.75) is 58.9 Å². The van der Waals surface area contributed by atoms with Crippen molar-refractivity contribution in [3.63, 3.8) is 0 Å². The summed E-state index contributed by atoms with van der Waals surface area (Å²) < 4.78 is 0. The van der Waals surface area contributed by atoms with Gasteiger partial charge in [-0.2, -0.15) is 0 Å². The third-order valence-electron chi connectivity index (χ3n) is 6.41. The first-order chi connectivity index (χ1) is 16.0. The number of aryl methyl sites for hydroxylation is 2. The molecule has 2 aromatic heterocycles. The molecule has 1 aliphatic heterocycles. The summed E-state index contributed by atoms with van der Waals surface area (Å²) in [6, 6.07) is 7.73. The molecule has 0 radical (unpaired) electrons. The zero-order valence-electron chi connectivity index (χ0n) is 19.7. The fourth-order valence-corrected chi connectivity index (χ4v) is 4.53. The fourth-order valence-electron chi connectivity index (χ4n) is 4.53. The summed E-state index contributed by atoms with van der Waals surface area (Å²) in [6.07, 6.45) is 5.41. The molecule has 3 heterocycles. The van der Waals surface area contributed by atoms with E-state index < -0.39 is 0 Å². The highest BCUT2D eigenvalue weighted by Gasteiger charge is 2.30. The van der Waals surface area contributed by atoms with Crippen molar-refractivity contribution < 1.29 is 9.59 Å². The van der Waals surface area contributed by atoms with Crippen LogP contribution in [0.2, 0.25) is 0 Å². The minimum absolute atomic E-state index is 0.0496. The molecule has 1 atom stereocenters. The van der Waals surface area contributed by atoms with Gasteiger partial charge in [0, 0.05) is 38.7 Å². The van der Waals surface area contributed by atoms with E-state index in [0.717, 1.165) is 36.1 Å². The number of H-pyrrole nitrogens is 1. The molecule has 33 heavy (non-hydrogen) atoms. The van der Waals surface area contributed by atoms with Crippen molar-refractivity contribution in [2.24, 2.45) is 0 Å². The number of amides is 2. The number of benzene rings is 1. The van der Waals surface area contributed by atoms with Crippen LogP contribution in [0.1, 0.15) is 73.3 Å². The molecule has 1 N–H and O–H groups in total. The van der Waals surface area contributed by atoms with Crippen LogP contribution >= 0.6 is 0 Å². The lowest BCUT2D eigenvalue weighted by atomic mass is 10.00. The van der Waals surface area contributed by atoms with Crippen LogP contribution < -0.4 is 0 Å². The van der Waals surface area contributed by atoms with Crippen LogP contribution in [0.3, 0.4) is 0 Å². The molecule has 1 aromatic carbocycles. The van der Waals surface area contributed by atoms with Crippen LogP contribution in [0, 0.1) is 6.92 Å². The van der Waals surface area contributed by atoms with Gasteiger partial charge in [-0.25, -0.2) is 15.0 Å². The normalized spacial score (nSPS) is 16.2. The number of imidazole rings is 1. The van der Waals surface area contributed by atoms with Gasteiger partial charge in [0.1, 0.15) is 5.82 Å². The van der Waals surface area contributed by atoms with E-state index >= 15 is 0 Å². The number of aromatic amines is 1. The molecule has 2 amide bonds. The maximum atomic E-state index is 13.2. The second-order valence-electron chi connectivity index (χ2n) is 8.50. The summed E-state index contributed by atoms with van der Waals surface area (Å²) in [7, 11) is 0. The molecule has 4 rings (SSSR count). The average Bonchev–Trinajstić information content (AvgIpc) is 3.26. The molecule has 1 saturated heterocycles. The van der Waals surface area contributed by atoms with Crippen LogP contribution in [-0.4, -0.2) is 61.2 Å². The monoisotopic (exact) mass is 448 g/mol. The Labute approximate surface area is 194 Å². The smallest absolute Gasteiger partial charge is 0.257 e. The minimum atomic E-state index is -0.154. The zero-order chi connectivity index (χ0) is 23.4. The largest absolute Gasteiger partial charge is 0.342 e. The van der Waals surface area contributed by atoms with Gasteiger partial charge in [0.05, 0.1) is 28.3 Å². The number of hydrogen-bond donors (Lipinski definition) is 1. The fraction of sp³-hybridized carbons (Fsp3) is 0.480. The highest BCUT2D eigenvalue weighted by molar-refractivity contribution is 5.94. The van der Waals surface area contributed by atoms with Gasteiger partial charge < -0.3 is 14.8 Å². The lowest BCUT2D eigenvalue weighted by molar-refractivity contribution is -0.135. The molecular weight excluding hydrogens is 416 g/mol. The van der Waals surface area contributed by atoms with Gasteiger partial charge in [0.2, 0.25) is 5.91 Å². The Balaban J connectivity index is 1.47. The molecule has 0 bridgehead atoms. The summed E-state index contributed by atoms with van der Waals surface area (Å²) in [5.74, 6) is 1.49. The van der Waals surface area contributed by atoms with Gasteiger partial charge in [0.25, 0.3) is 5.91 Å². The first-order valence-corrected chi connectivity index (χ1v) is 11.9. The van der Waals surface area contributed by atoms with Crippen molar-refractivity contribution in [2.75, 3.05) is 19.6 Å². The number of para-hydroxylation sites is 2. The average molecular weight is 449 g/mol. The molecule has 3 aromatic rings. The number of carbonyl (C=O) groups is 2. The number of nitrogens with one attached hydrogen (secondary N) is 1. The second-order valence-corrected chi connectivity index (χ2v) is 8.50. The predicted molar refractivity (Wildman–Crippen MR) is 127 cm³/mol. The molecule has 1 aliphatic rings. The lowest BCUT2D eigenvalue weighted by Crippen LogP contribution is -2.39. The summed E-state index contributed by atoms with van der Waals surface area (Å²) >= 11 is 0. The van der Waals surface area contributed by atoms with E-state index in [1.54, 1.807) is 11.1 Å². The lowest BCUT2D eigenvalue weighted by Gasteiger charge is -2.35.